The smallest absolute Gasteiger partial charge is 0.244 e. The number of hydrogen-bond acceptors (Lipinski definition) is 4. The van der Waals surface area contributed by atoms with Gasteiger partial charge in [-0.1, -0.05) is 61.7 Å². The van der Waals surface area contributed by atoms with E-state index in [-0.39, 0.29) is 24.2 Å². The number of amides is 2. The van der Waals surface area contributed by atoms with Gasteiger partial charge in [0.2, 0.25) is 21.8 Å². The maximum absolute atomic E-state index is 14.5. The van der Waals surface area contributed by atoms with Crippen LogP contribution in [-0.4, -0.2) is 50.0 Å². The van der Waals surface area contributed by atoms with Crippen molar-refractivity contribution in [2.75, 3.05) is 17.1 Å². The highest BCUT2D eigenvalue weighted by Gasteiger charge is 2.33. The highest BCUT2D eigenvalue weighted by molar-refractivity contribution is 7.92. The number of benzene rings is 2. The molecule has 7 nitrogen and oxygen atoms in total. The Kier molecular flexibility index (Phi) is 8.88. The first kappa shape index (κ1) is 26.7. The fourth-order valence-corrected chi connectivity index (χ4v) is 5.39. The molecule has 0 bridgehead atoms. The molecule has 0 spiro atoms. The van der Waals surface area contributed by atoms with Crippen molar-refractivity contribution in [1.82, 2.24) is 10.2 Å². The average Bonchev–Trinajstić information content (AvgIpc) is 3.30. The molecule has 1 aliphatic carbocycles. The molecule has 190 valence electrons. The van der Waals surface area contributed by atoms with Crippen LogP contribution in [-0.2, 0) is 26.2 Å². The monoisotopic (exact) mass is 503 g/mol. The van der Waals surface area contributed by atoms with Gasteiger partial charge in [-0.15, -0.1) is 0 Å². The zero-order valence-corrected chi connectivity index (χ0v) is 21.4. The standard InChI is InChI=1S/C26H34FN3O4S/c1-4-23(26(32)28-21-12-5-6-13-21)29(17-20-11-9-10-19(2)16-20)25(31)18-30(35(3,33)34)24-15-8-7-14-22(24)27/h7-11,14-16,21,23H,4-6,12-13,17-18H2,1-3H3,(H,28,32). The first-order valence-corrected chi connectivity index (χ1v) is 13.8. The van der Waals surface area contributed by atoms with Crippen molar-refractivity contribution in [2.45, 2.75) is 64.6 Å². The van der Waals surface area contributed by atoms with Crippen molar-refractivity contribution in [3.8, 4) is 0 Å². The van der Waals surface area contributed by atoms with Gasteiger partial charge in [0, 0.05) is 12.6 Å². The topological polar surface area (TPSA) is 86.8 Å². The van der Waals surface area contributed by atoms with E-state index in [9.17, 15) is 22.4 Å². The zero-order chi connectivity index (χ0) is 25.6. The number of nitrogens with one attached hydrogen (secondary N) is 1. The first-order chi connectivity index (χ1) is 16.6. The largest absolute Gasteiger partial charge is 0.352 e. The van der Waals surface area contributed by atoms with E-state index in [0.29, 0.717) is 6.42 Å². The normalized spacial score (nSPS) is 15.0. The molecule has 0 radical (unpaired) electrons. The van der Waals surface area contributed by atoms with Crippen LogP contribution in [0.3, 0.4) is 0 Å². The Morgan fingerprint density at radius 3 is 2.40 bits per heavy atom. The minimum atomic E-state index is -3.97. The van der Waals surface area contributed by atoms with Crippen LogP contribution >= 0.6 is 0 Å². The molecule has 0 aliphatic heterocycles. The molecular formula is C26H34FN3O4S. The van der Waals surface area contributed by atoms with E-state index >= 15 is 0 Å². The second-order valence-electron chi connectivity index (χ2n) is 9.15. The summed E-state index contributed by atoms with van der Waals surface area (Å²) in [6.07, 6.45) is 5.21. The molecule has 2 aromatic rings. The third-order valence-electron chi connectivity index (χ3n) is 6.32. The molecule has 0 aromatic heterocycles. The lowest BCUT2D eigenvalue weighted by Gasteiger charge is -2.33. The Hall–Kier alpha value is -2.94. The highest BCUT2D eigenvalue weighted by Crippen LogP contribution is 2.23. The van der Waals surface area contributed by atoms with Gasteiger partial charge in [0.05, 0.1) is 11.9 Å². The van der Waals surface area contributed by atoms with E-state index in [0.717, 1.165) is 53.4 Å². The molecular weight excluding hydrogens is 469 g/mol. The molecule has 1 aliphatic rings. The molecule has 1 N–H and O–H groups in total. The molecule has 1 unspecified atom stereocenters. The number of rotatable bonds is 10. The van der Waals surface area contributed by atoms with Gasteiger partial charge in [-0.2, -0.15) is 0 Å². The minimum Gasteiger partial charge on any atom is -0.352 e. The lowest BCUT2D eigenvalue weighted by molar-refractivity contribution is -0.140. The molecule has 1 saturated carbocycles. The molecule has 3 rings (SSSR count). The number of sulfonamides is 1. The summed E-state index contributed by atoms with van der Waals surface area (Å²) in [5.41, 5.74) is 1.62. The summed E-state index contributed by atoms with van der Waals surface area (Å²) in [5, 5.41) is 3.06. The van der Waals surface area contributed by atoms with Crippen LogP contribution in [0.2, 0.25) is 0 Å². The highest BCUT2D eigenvalue weighted by atomic mass is 32.2. The summed E-state index contributed by atoms with van der Waals surface area (Å²) in [7, 11) is -3.97. The number of aryl methyl sites for hydroxylation is 1. The fourth-order valence-electron chi connectivity index (χ4n) is 4.54. The summed E-state index contributed by atoms with van der Waals surface area (Å²) in [4.78, 5) is 28.3. The maximum Gasteiger partial charge on any atom is 0.244 e. The Labute approximate surface area is 207 Å². The van der Waals surface area contributed by atoms with Crippen molar-refractivity contribution < 1.29 is 22.4 Å². The van der Waals surface area contributed by atoms with Crippen molar-refractivity contribution in [3.63, 3.8) is 0 Å². The number of anilines is 1. The maximum atomic E-state index is 14.5. The quantitative estimate of drug-likeness (QED) is 0.535. The van der Waals surface area contributed by atoms with Crippen LogP contribution in [0.1, 0.15) is 50.2 Å². The molecule has 2 aromatic carbocycles. The van der Waals surface area contributed by atoms with Crippen LogP contribution in [0, 0.1) is 12.7 Å². The molecule has 1 fully saturated rings. The van der Waals surface area contributed by atoms with Crippen LogP contribution in [0.25, 0.3) is 0 Å². The first-order valence-electron chi connectivity index (χ1n) is 12.0. The summed E-state index contributed by atoms with van der Waals surface area (Å²) >= 11 is 0. The molecule has 0 heterocycles. The predicted octanol–water partition coefficient (Wildman–Crippen LogP) is 3.77. The summed E-state index contributed by atoms with van der Waals surface area (Å²) < 4.78 is 40.4. The van der Waals surface area contributed by atoms with Gasteiger partial charge in [0.25, 0.3) is 0 Å². The van der Waals surface area contributed by atoms with Crippen LogP contribution in [0.4, 0.5) is 10.1 Å². The fraction of sp³-hybridized carbons (Fsp3) is 0.462. The second-order valence-corrected chi connectivity index (χ2v) is 11.1. The van der Waals surface area contributed by atoms with Crippen molar-refractivity contribution in [2.24, 2.45) is 0 Å². The number of hydrogen-bond donors (Lipinski definition) is 1. The van der Waals surface area contributed by atoms with Crippen LogP contribution in [0.5, 0.6) is 0 Å². The number of halogens is 1. The summed E-state index contributed by atoms with van der Waals surface area (Å²) in [6, 6.07) is 12.3. The summed E-state index contributed by atoms with van der Waals surface area (Å²) in [5.74, 6) is -1.58. The van der Waals surface area contributed by atoms with E-state index in [4.69, 9.17) is 0 Å². The van der Waals surface area contributed by atoms with Gasteiger partial charge in [0.15, 0.2) is 0 Å². The number of nitrogens with zero attached hydrogens (tertiary/aromatic N) is 2. The van der Waals surface area contributed by atoms with E-state index in [2.05, 4.69) is 5.32 Å². The van der Waals surface area contributed by atoms with E-state index in [1.807, 2.05) is 38.1 Å². The third-order valence-corrected chi connectivity index (χ3v) is 7.45. The van der Waals surface area contributed by atoms with Gasteiger partial charge in [-0.3, -0.25) is 13.9 Å². The van der Waals surface area contributed by atoms with E-state index in [1.54, 1.807) is 0 Å². The lowest BCUT2D eigenvalue weighted by atomic mass is 10.1. The Morgan fingerprint density at radius 1 is 1.11 bits per heavy atom. The zero-order valence-electron chi connectivity index (χ0n) is 20.5. The second kappa shape index (κ2) is 11.7. The van der Waals surface area contributed by atoms with Crippen LogP contribution < -0.4 is 9.62 Å². The molecule has 1 atom stereocenters. The van der Waals surface area contributed by atoms with Crippen LogP contribution in [0.15, 0.2) is 48.5 Å². The van der Waals surface area contributed by atoms with Crippen molar-refractivity contribution >= 4 is 27.5 Å². The summed E-state index contributed by atoms with van der Waals surface area (Å²) in [6.45, 7) is 3.27. The van der Waals surface area contributed by atoms with Gasteiger partial charge in [0.1, 0.15) is 18.4 Å². The predicted molar refractivity (Wildman–Crippen MR) is 135 cm³/mol. The van der Waals surface area contributed by atoms with Gasteiger partial charge >= 0.3 is 0 Å². The molecule has 0 saturated heterocycles. The Morgan fingerprint density at radius 2 is 1.80 bits per heavy atom. The number of carbonyl (C=O) groups is 2. The molecule has 35 heavy (non-hydrogen) atoms. The van der Waals surface area contributed by atoms with Crippen molar-refractivity contribution in [1.29, 1.82) is 0 Å². The minimum absolute atomic E-state index is 0.0819. The number of para-hydroxylation sites is 1. The van der Waals surface area contributed by atoms with E-state index < -0.39 is 34.3 Å². The van der Waals surface area contributed by atoms with Crippen molar-refractivity contribution in [3.05, 3.63) is 65.5 Å². The average molecular weight is 504 g/mol. The van der Waals surface area contributed by atoms with E-state index in [1.165, 1.54) is 23.1 Å². The van der Waals surface area contributed by atoms with Gasteiger partial charge in [-0.05, 0) is 43.9 Å². The van der Waals surface area contributed by atoms with Gasteiger partial charge < -0.3 is 10.2 Å². The SMILES string of the molecule is CCC(C(=O)NC1CCCC1)N(Cc1cccc(C)c1)C(=O)CN(c1ccccc1F)S(C)(=O)=O. The van der Waals surface area contributed by atoms with Gasteiger partial charge in [-0.25, -0.2) is 12.8 Å². The Bertz CT molecular complexity index is 1150. The molecule has 2 amide bonds. The third kappa shape index (κ3) is 7.04. The Balaban J connectivity index is 1.93. The lowest BCUT2D eigenvalue weighted by Crippen LogP contribution is -2.53. The number of carbonyl (C=O) groups excluding carboxylic acids is 2. The molecule has 9 heteroatoms.